The molecule has 86 valence electrons. The van der Waals surface area contributed by atoms with Gasteiger partial charge in [-0.05, 0) is 24.3 Å². The Bertz CT molecular complexity index is 368. The van der Waals surface area contributed by atoms with Crippen molar-refractivity contribution in [2.24, 2.45) is 0 Å². The highest BCUT2D eigenvalue weighted by atomic mass is 16.5. The van der Waals surface area contributed by atoms with Crippen molar-refractivity contribution in [1.82, 2.24) is 0 Å². The van der Waals surface area contributed by atoms with E-state index in [9.17, 15) is 9.59 Å². The van der Waals surface area contributed by atoms with Crippen LogP contribution in [0.15, 0.2) is 24.3 Å². The largest absolute Gasteiger partial charge is 0.497 e. The second kappa shape index (κ2) is 5.75. The summed E-state index contributed by atoms with van der Waals surface area (Å²) in [5.41, 5.74) is 0. The van der Waals surface area contributed by atoms with Gasteiger partial charge in [-0.1, -0.05) is 0 Å². The van der Waals surface area contributed by atoms with Crippen molar-refractivity contribution in [3.05, 3.63) is 24.3 Å². The number of benzene rings is 1. The summed E-state index contributed by atoms with van der Waals surface area (Å²) >= 11 is 0. The molecule has 0 fully saturated rings. The van der Waals surface area contributed by atoms with E-state index in [-0.39, 0.29) is 13.0 Å². The summed E-state index contributed by atoms with van der Waals surface area (Å²) in [6, 6.07) is 6.80. The molecule has 0 bridgehead atoms. The molecule has 0 atom stereocenters. The molecule has 0 aliphatic rings. The zero-order valence-corrected chi connectivity index (χ0v) is 8.80. The number of aliphatic carboxylic acids is 1. The van der Waals surface area contributed by atoms with Gasteiger partial charge in [0.25, 0.3) is 0 Å². The molecule has 0 aliphatic heterocycles. The third kappa shape index (κ3) is 3.61. The minimum absolute atomic E-state index is 0.0530. The van der Waals surface area contributed by atoms with Gasteiger partial charge in [0, 0.05) is 0 Å². The Labute approximate surface area is 92.6 Å². The fourth-order valence-electron chi connectivity index (χ4n) is 1.04. The lowest BCUT2D eigenvalue weighted by Crippen LogP contribution is -2.15. The van der Waals surface area contributed by atoms with E-state index in [0.717, 1.165) is 0 Å². The molecule has 0 saturated heterocycles. The molecule has 0 spiro atoms. The van der Waals surface area contributed by atoms with E-state index in [4.69, 9.17) is 14.6 Å². The van der Waals surface area contributed by atoms with Crippen LogP contribution in [0.2, 0.25) is 0 Å². The predicted molar refractivity (Wildman–Crippen MR) is 55.7 cm³/mol. The zero-order valence-electron chi connectivity index (χ0n) is 8.80. The number of ketones is 1. The number of carbonyl (C=O) groups excluding carboxylic acids is 1. The summed E-state index contributed by atoms with van der Waals surface area (Å²) < 4.78 is 10.1. The number of hydrogen-bond donors (Lipinski definition) is 1. The standard InChI is InChI=1S/C11H12O5/c1-15-8-2-4-9(5-3-8)16-7-6-10(12)11(13)14/h2-5H,6-7H2,1H3,(H,13,14). The molecule has 1 N–H and O–H groups in total. The van der Waals surface area contributed by atoms with E-state index in [2.05, 4.69) is 0 Å². The van der Waals surface area contributed by atoms with Gasteiger partial charge in [0.2, 0.25) is 5.78 Å². The summed E-state index contributed by atoms with van der Waals surface area (Å²) in [4.78, 5) is 20.9. The molecule has 0 aromatic heterocycles. The number of Topliss-reactive ketones (excluding diaryl/α,β-unsaturated/α-hetero) is 1. The molecule has 0 saturated carbocycles. The lowest BCUT2D eigenvalue weighted by atomic mass is 10.3. The first-order valence-electron chi connectivity index (χ1n) is 4.66. The summed E-state index contributed by atoms with van der Waals surface area (Å²) in [7, 11) is 1.56. The first kappa shape index (κ1) is 12.0. The van der Waals surface area contributed by atoms with Gasteiger partial charge < -0.3 is 14.6 Å². The molecule has 1 aromatic rings. The van der Waals surface area contributed by atoms with Crippen LogP contribution in [0, 0.1) is 0 Å². The Kier molecular flexibility index (Phi) is 4.32. The molecule has 0 radical (unpaired) electrons. The highest BCUT2D eigenvalue weighted by Gasteiger charge is 2.10. The minimum Gasteiger partial charge on any atom is -0.497 e. The molecular weight excluding hydrogens is 212 g/mol. The van der Waals surface area contributed by atoms with E-state index in [1.165, 1.54) is 0 Å². The van der Waals surface area contributed by atoms with E-state index in [1.807, 2.05) is 0 Å². The highest BCUT2D eigenvalue weighted by Crippen LogP contribution is 2.16. The Balaban J connectivity index is 2.37. The van der Waals surface area contributed by atoms with Crippen LogP contribution in [0.25, 0.3) is 0 Å². The molecule has 16 heavy (non-hydrogen) atoms. The van der Waals surface area contributed by atoms with Crippen molar-refractivity contribution in [2.45, 2.75) is 6.42 Å². The van der Waals surface area contributed by atoms with Crippen molar-refractivity contribution >= 4 is 11.8 Å². The molecule has 0 amide bonds. The third-order valence-electron chi connectivity index (χ3n) is 1.90. The van der Waals surface area contributed by atoms with Crippen LogP contribution in [-0.2, 0) is 9.59 Å². The number of ether oxygens (including phenoxy) is 2. The van der Waals surface area contributed by atoms with Crippen LogP contribution in [0.1, 0.15) is 6.42 Å². The normalized spacial score (nSPS) is 9.56. The van der Waals surface area contributed by atoms with Gasteiger partial charge in [-0.2, -0.15) is 0 Å². The van der Waals surface area contributed by atoms with E-state index >= 15 is 0 Å². The first-order chi connectivity index (χ1) is 7.63. The van der Waals surface area contributed by atoms with Crippen LogP contribution in [0.4, 0.5) is 0 Å². The lowest BCUT2D eigenvalue weighted by molar-refractivity contribution is -0.149. The van der Waals surface area contributed by atoms with Crippen LogP contribution in [0.3, 0.4) is 0 Å². The average molecular weight is 224 g/mol. The van der Waals surface area contributed by atoms with Gasteiger partial charge in [0.1, 0.15) is 11.5 Å². The number of carbonyl (C=O) groups is 2. The maximum absolute atomic E-state index is 10.7. The van der Waals surface area contributed by atoms with Gasteiger partial charge in [0.15, 0.2) is 0 Å². The van der Waals surface area contributed by atoms with Crippen LogP contribution in [0.5, 0.6) is 11.5 Å². The summed E-state index contributed by atoms with van der Waals surface area (Å²) in [6.45, 7) is 0.0530. The maximum atomic E-state index is 10.7. The highest BCUT2D eigenvalue weighted by molar-refractivity contribution is 6.32. The molecular formula is C11H12O5. The fourth-order valence-corrected chi connectivity index (χ4v) is 1.04. The average Bonchev–Trinajstić information content (AvgIpc) is 2.29. The SMILES string of the molecule is COc1ccc(OCCC(=O)C(=O)O)cc1. The first-order valence-corrected chi connectivity index (χ1v) is 4.66. The molecule has 5 heteroatoms. The smallest absolute Gasteiger partial charge is 0.372 e. The van der Waals surface area contributed by atoms with Crippen molar-refractivity contribution in [3.8, 4) is 11.5 Å². The molecule has 1 rings (SSSR count). The lowest BCUT2D eigenvalue weighted by Gasteiger charge is -2.05. The maximum Gasteiger partial charge on any atom is 0.372 e. The Hall–Kier alpha value is -2.04. The summed E-state index contributed by atoms with van der Waals surface area (Å²) in [5.74, 6) is -1.01. The van der Waals surface area contributed by atoms with Crippen LogP contribution in [-0.4, -0.2) is 30.6 Å². The monoisotopic (exact) mass is 224 g/mol. The number of carboxylic acid groups (broad SMARTS) is 1. The second-order valence-corrected chi connectivity index (χ2v) is 3.00. The molecule has 0 aliphatic carbocycles. The van der Waals surface area contributed by atoms with E-state index in [0.29, 0.717) is 11.5 Å². The van der Waals surface area contributed by atoms with Crippen molar-refractivity contribution in [2.75, 3.05) is 13.7 Å². The Morgan fingerprint density at radius 2 is 1.75 bits per heavy atom. The van der Waals surface area contributed by atoms with Gasteiger partial charge in [-0.3, -0.25) is 4.79 Å². The van der Waals surface area contributed by atoms with Crippen molar-refractivity contribution in [1.29, 1.82) is 0 Å². The van der Waals surface area contributed by atoms with Crippen LogP contribution >= 0.6 is 0 Å². The second-order valence-electron chi connectivity index (χ2n) is 3.00. The Morgan fingerprint density at radius 1 is 1.19 bits per heavy atom. The molecule has 5 nitrogen and oxygen atoms in total. The van der Waals surface area contributed by atoms with Crippen LogP contribution < -0.4 is 9.47 Å². The van der Waals surface area contributed by atoms with Gasteiger partial charge in [0.05, 0.1) is 20.1 Å². The summed E-state index contributed by atoms with van der Waals surface area (Å²) in [5, 5.41) is 8.33. The van der Waals surface area contributed by atoms with Crippen molar-refractivity contribution in [3.63, 3.8) is 0 Å². The zero-order chi connectivity index (χ0) is 12.0. The molecule has 0 heterocycles. The number of hydrogen-bond acceptors (Lipinski definition) is 4. The van der Waals surface area contributed by atoms with Gasteiger partial charge in [-0.15, -0.1) is 0 Å². The topological polar surface area (TPSA) is 72.8 Å². The number of methoxy groups -OCH3 is 1. The quantitative estimate of drug-likeness (QED) is 0.733. The number of carboxylic acids is 1. The fraction of sp³-hybridized carbons (Fsp3) is 0.273. The minimum atomic E-state index is -1.43. The molecule has 1 aromatic carbocycles. The predicted octanol–water partition coefficient (Wildman–Crippen LogP) is 1.12. The molecule has 0 unspecified atom stereocenters. The third-order valence-corrected chi connectivity index (χ3v) is 1.90. The number of rotatable bonds is 6. The Morgan fingerprint density at radius 3 is 2.25 bits per heavy atom. The van der Waals surface area contributed by atoms with E-state index in [1.54, 1.807) is 31.4 Å². The summed E-state index contributed by atoms with van der Waals surface area (Å²) in [6.07, 6.45) is -0.138. The van der Waals surface area contributed by atoms with Crippen molar-refractivity contribution < 1.29 is 24.2 Å². The van der Waals surface area contributed by atoms with Gasteiger partial charge in [-0.25, -0.2) is 4.79 Å². The van der Waals surface area contributed by atoms with E-state index < -0.39 is 11.8 Å². The van der Waals surface area contributed by atoms with Gasteiger partial charge >= 0.3 is 5.97 Å².